The van der Waals surface area contributed by atoms with Gasteiger partial charge >= 0.3 is 0 Å². The Morgan fingerprint density at radius 2 is 1.66 bits per heavy atom. The van der Waals surface area contributed by atoms with Crippen LogP contribution in [-0.4, -0.2) is 30.6 Å². The molecule has 0 saturated carbocycles. The van der Waals surface area contributed by atoms with Crippen molar-refractivity contribution in [2.24, 2.45) is 4.99 Å². The number of hydrogen-bond donors (Lipinski definition) is 1. The van der Waals surface area contributed by atoms with Gasteiger partial charge in [-0.1, -0.05) is 42.5 Å². The summed E-state index contributed by atoms with van der Waals surface area (Å²) >= 11 is 1.55. The lowest BCUT2D eigenvalue weighted by atomic mass is 9.96. The van der Waals surface area contributed by atoms with Gasteiger partial charge < -0.3 is 5.32 Å². The van der Waals surface area contributed by atoms with E-state index in [4.69, 9.17) is 4.99 Å². The second-order valence-corrected chi connectivity index (χ2v) is 9.44. The second-order valence-electron chi connectivity index (χ2n) is 8.24. The number of amides is 2. The van der Waals surface area contributed by atoms with Crippen molar-refractivity contribution in [2.75, 3.05) is 23.3 Å². The van der Waals surface area contributed by atoms with Crippen molar-refractivity contribution in [3.05, 3.63) is 80.7 Å². The zero-order chi connectivity index (χ0) is 23.0. The molecule has 0 saturated heterocycles. The summed E-state index contributed by atoms with van der Waals surface area (Å²) in [5.74, 6) is -0.391. The summed E-state index contributed by atoms with van der Waals surface area (Å²) < 4.78 is 0. The number of nitrogens with one attached hydrogen (secondary N) is 1. The maximum absolute atomic E-state index is 13.1. The Hall–Kier alpha value is -3.25. The van der Waals surface area contributed by atoms with Gasteiger partial charge in [-0.15, -0.1) is 11.3 Å². The van der Waals surface area contributed by atoms with Crippen LogP contribution in [0.15, 0.2) is 47.5 Å². The van der Waals surface area contributed by atoms with Gasteiger partial charge in [-0.05, 0) is 56.9 Å². The minimum atomic E-state index is -0.218. The van der Waals surface area contributed by atoms with Gasteiger partial charge in [0.1, 0.15) is 18.1 Å². The molecule has 1 aliphatic rings. The van der Waals surface area contributed by atoms with E-state index >= 15 is 0 Å². The summed E-state index contributed by atoms with van der Waals surface area (Å²) in [4.78, 5) is 33.6. The molecule has 0 bridgehead atoms. The van der Waals surface area contributed by atoms with Crippen molar-refractivity contribution < 1.29 is 9.59 Å². The molecule has 1 N–H and O–H groups in total. The van der Waals surface area contributed by atoms with Crippen LogP contribution in [0, 0.1) is 34.6 Å². The van der Waals surface area contributed by atoms with Gasteiger partial charge in [0.15, 0.2) is 0 Å². The van der Waals surface area contributed by atoms with E-state index in [0.717, 1.165) is 54.7 Å². The van der Waals surface area contributed by atoms with Crippen LogP contribution in [0.2, 0.25) is 0 Å². The van der Waals surface area contributed by atoms with Crippen molar-refractivity contribution in [3.63, 3.8) is 0 Å². The van der Waals surface area contributed by atoms with Gasteiger partial charge in [0, 0.05) is 21.7 Å². The summed E-state index contributed by atoms with van der Waals surface area (Å²) in [5.41, 5.74) is 7.79. The molecule has 2 heterocycles. The lowest BCUT2D eigenvalue weighted by Gasteiger charge is -2.21. The highest BCUT2D eigenvalue weighted by Gasteiger charge is 2.31. The molecule has 6 heteroatoms. The van der Waals surface area contributed by atoms with Crippen LogP contribution in [0.4, 0.5) is 10.7 Å². The van der Waals surface area contributed by atoms with E-state index in [1.165, 1.54) is 0 Å². The zero-order valence-electron chi connectivity index (χ0n) is 19.1. The van der Waals surface area contributed by atoms with Crippen molar-refractivity contribution >= 4 is 39.6 Å². The molecule has 32 heavy (non-hydrogen) atoms. The molecule has 2 aromatic carbocycles. The van der Waals surface area contributed by atoms with Crippen LogP contribution in [-0.2, 0) is 9.59 Å². The maximum atomic E-state index is 13.1. The van der Waals surface area contributed by atoms with Gasteiger partial charge in [-0.3, -0.25) is 19.5 Å². The highest BCUT2D eigenvalue weighted by atomic mass is 32.1. The van der Waals surface area contributed by atoms with E-state index in [1.807, 2.05) is 57.2 Å². The van der Waals surface area contributed by atoms with Gasteiger partial charge in [-0.25, -0.2) is 0 Å². The van der Waals surface area contributed by atoms with Crippen molar-refractivity contribution in [3.8, 4) is 0 Å². The fourth-order valence-corrected chi connectivity index (χ4v) is 5.23. The van der Waals surface area contributed by atoms with Gasteiger partial charge in [0.2, 0.25) is 11.8 Å². The maximum Gasteiger partial charge on any atom is 0.249 e. The summed E-state index contributed by atoms with van der Waals surface area (Å²) in [6.45, 7) is 10.1. The third-order valence-corrected chi connectivity index (χ3v) is 7.20. The molecule has 0 radical (unpaired) electrons. The molecular formula is C26H27N3O2S. The Labute approximate surface area is 192 Å². The van der Waals surface area contributed by atoms with Crippen LogP contribution in [0.25, 0.3) is 0 Å². The Morgan fingerprint density at radius 1 is 1.00 bits per heavy atom. The largest absolute Gasteiger partial charge is 0.324 e. The monoisotopic (exact) mass is 445 g/mol. The number of carbonyl (C=O) groups is 2. The molecule has 1 aromatic heterocycles. The van der Waals surface area contributed by atoms with Crippen molar-refractivity contribution in [1.82, 2.24) is 0 Å². The molecule has 3 aromatic rings. The fourth-order valence-electron chi connectivity index (χ4n) is 4.05. The standard InChI is InChI=1S/C26H27N3O2S/c1-15-9-6-7-12-20(15)25-23-18(4)19(5)32-26(23)29(22(31)13-27-25)14-21(30)28-24-16(2)10-8-11-17(24)3/h6-12H,13-14H2,1-5H3,(H,28,30). The molecule has 4 rings (SSSR count). The number of fused-ring (bicyclic) bond motifs is 1. The molecule has 164 valence electrons. The topological polar surface area (TPSA) is 61.8 Å². The number of aliphatic imine (C=N–C) groups is 1. The minimum Gasteiger partial charge on any atom is -0.324 e. The van der Waals surface area contributed by atoms with Gasteiger partial charge in [-0.2, -0.15) is 0 Å². The second kappa shape index (κ2) is 8.71. The van der Waals surface area contributed by atoms with Gasteiger partial charge in [0.05, 0.1) is 5.71 Å². The third-order valence-electron chi connectivity index (χ3n) is 5.97. The molecule has 2 amide bonds. The number of para-hydroxylation sites is 1. The Kier molecular flexibility index (Phi) is 5.98. The van der Waals surface area contributed by atoms with E-state index in [0.29, 0.717) is 0 Å². The summed E-state index contributed by atoms with van der Waals surface area (Å²) in [6, 6.07) is 14.0. The highest BCUT2D eigenvalue weighted by Crippen LogP contribution is 2.39. The van der Waals surface area contributed by atoms with Crippen LogP contribution < -0.4 is 10.2 Å². The lowest BCUT2D eigenvalue weighted by Crippen LogP contribution is -2.39. The van der Waals surface area contributed by atoms with Crippen LogP contribution in [0.5, 0.6) is 0 Å². The first-order chi connectivity index (χ1) is 15.3. The molecule has 5 nitrogen and oxygen atoms in total. The van der Waals surface area contributed by atoms with Gasteiger partial charge in [0.25, 0.3) is 0 Å². The molecule has 0 aliphatic carbocycles. The zero-order valence-corrected chi connectivity index (χ0v) is 19.9. The highest BCUT2D eigenvalue weighted by molar-refractivity contribution is 7.17. The number of aryl methyl sites for hydroxylation is 4. The van der Waals surface area contributed by atoms with E-state index in [2.05, 4.69) is 25.2 Å². The average molecular weight is 446 g/mol. The first kappa shape index (κ1) is 22.0. The number of nitrogens with zero attached hydrogens (tertiary/aromatic N) is 2. The summed E-state index contributed by atoms with van der Waals surface area (Å²) in [5, 5.41) is 3.80. The minimum absolute atomic E-state index is 0.0141. The quantitative estimate of drug-likeness (QED) is 0.606. The fraction of sp³-hybridized carbons (Fsp3) is 0.269. The number of rotatable bonds is 4. The predicted molar refractivity (Wildman–Crippen MR) is 132 cm³/mol. The normalized spacial score (nSPS) is 13.5. The Bertz CT molecular complexity index is 1240. The van der Waals surface area contributed by atoms with Crippen molar-refractivity contribution in [1.29, 1.82) is 0 Å². The molecular weight excluding hydrogens is 418 g/mol. The lowest BCUT2D eigenvalue weighted by molar-refractivity contribution is -0.120. The van der Waals surface area contributed by atoms with Crippen LogP contribution in [0.3, 0.4) is 0 Å². The summed E-state index contributed by atoms with van der Waals surface area (Å²) in [7, 11) is 0. The Morgan fingerprint density at radius 3 is 2.34 bits per heavy atom. The van der Waals surface area contributed by atoms with Crippen LogP contribution >= 0.6 is 11.3 Å². The van der Waals surface area contributed by atoms with Crippen molar-refractivity contribution in [2.45, 2.75) is 34.6 Å². The molecule has 0 unspecified atom stereocenters. The Balaban J connectivity index is 1.72. The first-order valence-electron chi connectivity index (χ1n) is 10.6. The van der Waals surface area contributed by atoms with E-state index in [-0.39, 0.29) is 24.9 Å². The van der Waals surface area contributed by atoms with Crippen LogP contribution in [0.1, 0.15) is 38.3 Å². The third kappa shape index (κ3) is 3.98. The molecule has 1 aliphatic heterocycles. The SMILES string of the molecule is Cc1ccccc1C1=NCC(=O)N(CC(=O)Nc2c(C)cccc2C)c2sc(C)c(C)c21. The van der Waals surface area contributed by atoms with E-state index in [9.17, 15) is 9.59 Å². The molecule has 0 spiro atoms. The van der Waals surface area contributed by atoms with E-state index < -0.39 is 0 Å². The molecule has 0 fully saturated rings. The smallest absolute Gasteiger partial charge is 0.249 e. The number of thiophene rings is 1. The number of benzene rings is 2. The number of hydrogen-bond acceptors (Lipinski definition) is 4. The molecule has 0 atom stereocenters. The van der Waals surface area contributed by atoms with E-state index in [1.54, 1.807) is 16.2 Å². The predicted octanol–water partition coefficient (Wildman–Crippen LogP) is 5.11. The average Bonchev–Trinajstić information content (AvgIpc) is 2.97. The number of carbonyl (C=O) groups excluding carboxylic acids is 2. The number of anilines is 2. The summed E-state index contributed by atoms with van der Waals surface area (Å²) in [6.07, 6.45) is 0. The first-order valence-corrected chi connectivity index (χ1v) is 11.5.